The second-order valence-electron chi connectivity index (χ2n) is 7.75. The number of amides is 2. The van der Waals surface area contributed by atoms with Crippen LogP contribution >= 0.6 is 0 Å². The molecule has 8 heteroatoms. The minimum absolute atomic E-state index is 0.0841. The molecule has 0 saturated heterocycles. The molecule has 3 rings (SSSR count). The number of aryl methyl sites for hydroxylation is 2. The summed E-state index contributed by atoms with van der Waals surface area (Å²) in [7, 11) is 0. The van der Waals surface area contributed by atoms with Gasteiger partial charge in [0, 0.05) is 11.5 Å². The van der Waals surface area contributed by atoms with Gasteiger partial charge in [0.2, 0.25) is 0 Å². The molecule has 146 valence electrons. The fourth-order valence-electron chi connectivity index (χ4n) is 2.68. The van der Waals surface area contributed by atoms with E-state index in [4.69, 9.17) is 4.42 Å². The molecule has 0 fully saturated rings. The van der Waals surface area contributed by atoms with E-state index in [-0.39, 0.29) is 22.9 Å². The average Bonchev–Trinajstić information content (AvgIpc) is 3.15. The third-order valence-corrected chi connectivity index (χ3v) is 4.36. The van der Waals surface area contributed by atoms with E-state index in [0.29, 0.717) is 28.6 Å². The van der Waals surface area contributed by atoms with Crippen LogP contribution in [-0.4, -0.2) is 33.3 Å². The fraction of sp³-hybridized carbons (Fsp3) is 0.350. The van der Waals surface area contributed by atoms with Crippen LogP contribution in [0.4, 0.5) is 5.82 Å². The summed E-state index contributed by atoms with van der Waals surface area (Å²) in [4.78, 5) is 33.1. The molecule has 8 nitrogen and oxygen atoms in total. The number of nitrogens with one attached hydrogen (secondary N) is 1. The molecule has 0 bridgehead atoms. The largest absolute Gasteiger partial charge is 0.466 e. The van der Waals surface area contributed by atoms with Gasteiger partial charge in [-0.2, -0.15) is 14.8 Å². The maximum Gasteiger partial charge on any atom is 0.281 e. The Hall–Kier alpha value is -3.29. The van der Waals surface area contributed by atoms with Crippen LogP contribution in [0.2, 0.25) is 0 Å². The van der Waals surface area contributed by atoms with Gasteiger partial charge in [0.1, 0.15) is 17.3 Å². The molecule has 0 radical (unpaired) electrons. The van der Waals surface area contributed by atoms with Crippen LogP contribution < -0.4 is 5.32 Å². The van der Waals surface area contributed by atoms with Gasteiger partial charge in [-0.1, -0.05) is 27.4 Å². The Bertz CT molecular complexity index is 1060. The van der Waals surface area contributed by atoms with Gasteiger partial charge in [-0.3, -0.25) is 9.59 Å². The van der Waals surface area contributed by atoms with Gasteiger partial charge in [-0.05, 0) is 26.8 Å². The van der Waals surface area contributed by atoms with Gasteiger partial charge < -0.3 is 9.73 Å². The molecule has 3 heterocycles. The van der Waals surface area contributed by atoms with Gasteiger partial charge in [0.15, 0.2) is 0 Å². The van der Waals surface area contributed by atoms with Gasteiger partial charge >= 0.3 is 0 Å². The fourth-order valence-corrected chi connectivity index (χ4v) is 2.68. The third kappa shape index (κ3) is 3.58. The van der Waals surface area contributed by atoms with Crippen molar-refractivity contribution >= 4 is 29.3 Å². The second kappa shape index (κ2) is 6.70. The maximum atomic E-state index is 12.8. The van der Waals surface area contributed by atoms with E-state index in [2.05, 4.69) is 27.0 Å². The van der Waals surface area contributed by atoms with Crippen LogP contribution in [0, 0.1) is 13.8 Å². The lowest BCUT2D eigenvalue weighted by molar-refractivity contribution is -0.113. The number of hydrogen-bond donors (Lipinski definition) is 1. The van der Waals surface area contributed by atoms with Crippen molar-refractivity contribution in [1.29, 1.82) is 0 Å². The lowest BCUT2D eigenvalue weighted by Crippen LogP contribution is -2.25. The van der Waals surface area contributed by atoms with Gasteiger partial charge in [0.25, 0.3) is 17.8 Å². The number of nitrogens with zero attached hydrogens (tertiary/aromatic N) is 4. The van der Waals surface area contributed by atoms with E-state index < -0.39 is 5.91 Å². The highest BCUT2D eigenvalue weighted by Crippen LogP contribution is 2.26. The lowest BCUT2D eigenvalue weighted by atomic mass is 9.92. The van der Waals surface area contributed by atoms with Gasteiger partial charge in [-0.25, -0.2) is 4.99 Å². The van der Waals surface area contributed by atoms with Gasteiger partial charge in [-0.15, -0.1) is 0 Å². The summed E-state index contributed by atoms with van der Waals surface area (Å²) >= 11 is 0. The smallest absolute Gasteiger partial charge is 0.281 e. The summed E-state index contributed by atoms with van der Waals surface area (Å²) in [6.07, 6.45) is 0. The molecule has 1 aliphatic rings. The normalized spacial score (nSPS) is 14.8. The summed E-state index contributed by atoms with van der Waals surface area (Å²) in [6, 6.07) is 3.42. The van der Waals surface area contributed by atoms with Crippen molar-refractivity contribution in [2.24, 2.45) is 9.98 Å². The number of hydrogen-bond acceptors (Lipinski definition) is 5. The van der Waals surface area contributed by atoms with E-state index in [9.17, 15) is 9.59 Å². The van der Waals surface area contributed by atoms with Crippen molar-refractivity contribution in [3.63, 3.8) is 0 Å². The monoisotopic (exact) mass is 381 g/mol. The van der Waals surface area contributed by atoms with Crippen LogP contribution in [0.25, 0.3) is 0 Å². The first-order chi connectivity index (χ1) is 13.0. The summed E-state index contributed by atoms with van der Waals surface area (Å²) < 4.78 is 6.81. The summed E-state index contributed by atoms with van der Waals surface area (Å²) in [5.74, 6) is 0.794. The Morgan fingerprint density at radius 1 is 1.18 bits per heavy atom. The molecule has 0 aliphatic carbocycles. The van der Waals surface area contributed by atoms with Crippen molar-refractivity contribution in [3.05, 3.63) is 47.1 Å². The Morgan fingerprint density at radius 2 is 1.86 bits per heavy atom. The number of aromatic nitrogens is 2. The molecule has 2 aromatic heterocycles. The summed E-state index contributed by atoms with van der Waals surface area (Å²) in [6.45, 7) is 14.9. The SMILES string of the molecule is C=C1C(=O)N=C(n2nc(C(C)(C)C)cc2NC(=O)c2cc(C)oc2C)N=C1C. The zero-order valence-corrected chi connectivity index (χ0v) is 16.9. The zero-order valence-electron chi connectivity index (χ0n) is 16.9. The highest BCUT2D eigenvalue weighted by molar-refractivity contribution is 6.28. The van der Waals surface area contributed by atoms with E-state index in [1.165, 1.54) is 4.68 Å². The van der Waals surface area contributed by atoms with E-state index in [0.717, 1.165) is 5.69 Å². The third-order valence-electron chi connectivity index (χ3n) is 4.36. The molecule has 1 N–H and O–H groups in total. The summed E-state index contributed by atoms with van der Waals surface area (Å²) in [5, 5.41) is 7.36. The predicted octanol–water partition coefficient (Wildman–Crippen LogP) is 3.40. The second-order valence-corrected chi connectivity index (χ2v) is 7.75. The van der Waals surface area contributed by atoms with Crippen LogP contribution in [0.1, 0.15) is 55.3 Å². The van der Waals surface area contributed by atoms with E-state index in [1.807, 2.05) is 20.8 Å². The number of anilines is 1. The predicted molar refractivity (Wildman–Crippen MR) is 107 cm³/mol. The average molecular weight is 381 g/mol. The molecular weight excluding hydrogens is 358 g/mol. The molecule has 0 saturated carbocycles. The molecule has 0 unspecified atom stereocenters. The molecule has 0 atom stereocenters. The Labute approximate surface area is 163 Å². The van der Waals surface area contributed by atoms with Crippen LogP contribution in [0.5, 0.6) is 0 Å². The number of furan rings is 1. The van der Waals surface area contributed by atoms with Crippen molar-refractivity contribution in [1.82, 2.24) is 9.78 Å². The summed E-state index contributed by atoms with van der Waals surface area (Å²) in [5.41, 5.74) is 1.56. The minimum atomic E-state index is -0.478. The Morgan fingerprint density at radius 3 is 2.39 bits per heavy atom. The molecule has 2 aromatic rings. The van der Waals surface area contributed by atoms with Crippen molar-refractivity contribution in [2.45, 2.75) is 47.0 Å². The quantitative estimate of drug-likeness (QED) is 0.805. The first kappa shape index (κ1) is 19.5. The molecule has 1 aliphatic heterocycles. The molecule has 0 aromatic carbocycles. The van der Waals surface area contributed by atoms with Crippen molar-refractivity contribution in [2.75, 3.05) is 5.32 Å². The highest BCUT2D eigenvalue weighted by atomic mass is 16.3. The molecule has 28 heavy (non-hydrogen) atoms. The molecule has 0 spiro atoms. The first-order valence-corrected chi connectivity index (χ1v) is 8.84. The standard InChI is InChI=1S/C20H23N5O3/c1-10-8-14(13(4)28-10)18(27)22-16-9-15(20(5,6)7)24-25(16)19-21-12(3)11(2)17(26)23-19/h8-9H,2H2,1,3-7H3,(H,22,27). The number of carbonyl (C=O) groups excluding carboxylic acids is 2. The number of aliphatic imine (C=N–C) groups is 2. The Kier molecular flexibility index (Phi) is 4.66. The topological polar surface area (TPSA) is 102 Å². The van der Waals surface area contributed by atoms with Crippen molar-refractivity contribution in [3.8, 4) is 0 Å². The van der Waals surface area contributed by atoms with Crippen LogP contribution in [0.15, 0.2) is 38.7 Å². The van der Waals surface area contributed by atoms with Crippen LogP contribution in [0.3, 0.4) is 0 Å². The number of rotatable bonds is 2. The van der Waals surface area contributed by atoms with Crippen molar-refractivity contribution < 1.29 is 14.0 Å². The van der Waals surface area contributed by atoms with Crippen LogP contribution in [-0.2, 0) is 10.2 Å². The molecular formula is C20H23N5O3. The van der Waals surface area contributed by atoms with E-state index >= 15 is 0 Å². The Balaban J connectivity index is 2.06. The zero-order chi connectivity index (χ0) is 20.8. The highest BCUT2D eigenvalue weighted by Gasteiger charge is 2.26. The minimum Gasteiger partial charge on any atom is -0.466 e. The van der Waals surface area contributed by atoms with E-state index in [1.54, 1.807) is 32.9 Å². The van der Waals surface area contributed by atoms with Gasteiger partial charge in [0.05, 0.1) is 22.5 Å². The number of carbonyl (C=O) groups is 2. The molecule has 2 amide bonds. The lowest BCUT2D eigenvalue weighted by Gasteiger charge is -2.14. The first-order valence-electron chi connectivity index (χ1n) is 8.84. The maximum absolute atomic E-state index is 12.8.